The van der Waals surface area contributed by atoms with Crippen molar-refractivity contribution in [3.63, 3.8) is 0 Å². The zero-order valence-corrected chi connectivity index (χ0v) is 14.5. The van der Waals surface area contributed by atoms with E-state index < -0.39 is 0 Å². The number of carbonyl (C=O) groups is 2. The van der Waals surface area contributed by atoms with E-state index >= 15 is 0 Å². The second kappa shape index (κ2) is 8.29. The monoisotopic (exact) mass is 324 g/mol. The minimum absolute atomic E-state index is 0.145. The first-order valence-electron chi connectivity index (χ1n) is 8.19. The molecule has 0 heterocycles. The van der Waals surface area contributed by atoms with Crippen LogP contribution in [0.1, 0.15) is 30.0 Å². The van der Waals surface area contributed by atoms with Gasteiger partial charge in [0.15, 0.2) is 0 Å². The van der Waals surface area contributed by atoms with Crippen LogP contribution < -0.4 is 10.2 Å². The van der Waals surface area contributed by atoms with Gasteiger partial charge in [0.05, 0.1) is 0 Å². The summed E-state index contributed by atoms with van der Waals surface area (Å²) in [5.74, 6) is -0.447. The molecule has 4 heteroatoms. The normalized spacial score (nSPS) is 10.3. The van der Waals surface area contributed by atoms with Gasteiger partial charge in [-0.05, 0) is 44.0 Å². The first-order valence-corrected chi connectivity index (χ1v) is 8.19. The van der Waals surface area contributed by atoms with E-state index in [1.54, 1.807) is 4.90 Å². The standard InChI is InChI=1S/C20H24N2O2/c1-4-22(18-10-6-8-16(3)12-18)20(24)13-19(23)21-14-17-9-5-7-15(2)11-17/h5-12H,4,13-14H2,1-3H3,(H,21,23). The zero-order valence-electron chi connectivity index (χ0n) is 14.5. The van der Waals surface area contributed by atoms with Crippen LogP contribution in [0.5, 0.6) is 0 Å². The van der Waals surface area contributed by atoms with Gasteiger partial charge in [0, 0.05) is 18.8 Å². The van der Waals surface area contributed by atoms with E-state index in [4.69, 9.17) is 0 Å². The molecule has 126 valence electrons. The maximum atomic E-state index is 12.4. The van der Waals surface area contributed by atoms with E-state index in [1.165, 1.54) is 0 Å². The number of hydrogen-bond acceptors (Lipinski definition) is 2. The molecule has 2 rings (SSSR count). The van der Waals surface area contributed by atoms with Gasteiger partial charge in [-0.1, -0.05) is 42.0 Å². The quantitative estimate of drug-likeness (QED) is 0.828. The number of benzene rings is 2. The summed E-state index contributed by atoms with van der Waals surface area (Å²) in [6, 6.07) is 15.7. The van der Waals surface area contributed by atoms with E-state index in [0.717, 1.165) is 22.4 Å². The molecule has 1 N–H and O–H groups in total. The van der Waals surface area contributed by atoms with Crippen LogP contribution in [0.3, 0.4) is 0 Å². The van der Waals surface area contributed by atoms with Crippen LogP contribution >= 0.6 is 0 Å². The van der Waals surface area contributed by atoms with Gasteiger partial charge >= 0.3 is 0 Å². The van der Waals surface area contributed by atoms with E-state index in [-0.39, 0.29) is 18.2 Å². The largest absolute Gasteiger partial charge is 0.352 e. The number of aryl methyl sites for hydroxylation is 2. The third-order valence-electron chi connectivity index (χ3n) is 3.81. The van der Waals surface area contributed by atoms with Crippen molar-refractivity contribution in [2.24, 2.45) is 0 Å². The Labute approximate surface area is 143 Å². The summed E-state index contributed by atoms with van der Waals surface area (Å²) in [4.78, 5) is 26.1. The summed E-state index contributed by atoms with van der Waals surface area (Å²) in [6.45, 7) is 6.87. The fraction of sp³-hybridized carbons (Fsp3) is 0.300. The van der Waals surface area contributed by atoms with Crippen LogP contribution in [-0.2, 0) is 16.1 Å². The lowest BCUT2D eigenvalue weighted by molar-refractivity contribution is -0.128. The zero-order chi connectivity index (χ0) is 17.5. The molecule has 0 atom stereocenters. The average molecular weight is 324 g/mol. The summed E-state index contributed by atoms with van der Waals surface area (Å²) in [5, 5.41) is 2.81. The van der Waals surface area contributed by atoms with Crippen molar-refractivity contribution < 1.29 is 9.59 Å². The minimum atomic E-state index is -0.257. The number of carbonyl (C=O) groups excluding carboxylic acids is 2. The predicted molar refractivity (Wildman–Crippen MR) is 96.8 cm³/mol. The summed E-state index contributed by atoms with van der Waals surface area (Å²) >= 11 is 0. The number of rotatable bonds is 6. The highest BCUT2D eigenvalue weighted by atomic mass is 16.2. The van der Waals surface area contributed by atoms with Crippen LogP contribution in [0.15, 0.2) is 48.5 Å². The first kappa shape index (κ1) is 17.7. The van der Waals surface area contributed by atoms with Crippen molar-refractivity contribution in [3.05, 3.63) is 65.2 Å². The topological polar surface area (TPSA) is 49.4 Å². The highest BCUT2D eigenvalue weighted by molar-refractivity contribution is 6.04. The molecule has 0 aliphatic heterocycles. The fourth-order valence-electron chi connectivity index (χ4n) is 2.62. The maximum Gasteiger partial charge on any atom is 0.236 e. The Bertz CT molecular complexity index is 725. The molecular formula is C20H24N2O2. The van der Waals surface area contributed by atoms with E-state index in [2.05, 4.69) is 5.32 Å². The highest BCUT2D eigenvalue weighted by Crippen LogP contribution is 2.16. The molecule has 0 radical (unpaired) electrons. The molecule has 0 saturated carbocycles. The van der Waals surface area contributed by atoms with Crippen molar-refractivity contribution in [1.29, 1.82) is 0 Å². The van der Waals surface area contributed by atoms with E-state index in [0.29, 0.717) is 13.1 Å². The van der Waals surface area contributed by atoms with E-state index in [9.17, 15) is 9.59 Å². The highest BCUT2D eigenvalue weighted by Gasteiger charge is 2.17. The molecular weight excluding hydrogens is 300 g/mol. The molecule has 2 amide bonds. The number of nitrogens with one attached hydrogen (secondary N) is 1. The number of amides is 2. The number of anilines is 1. The Kier molecular flexibility index (Phi) is 6.13. The van der Waals surface area contributed by atoms with Crippen molar-refractivity contribution in [1.82, 2.24) is 5.32 Å². The molecule has 0 bridgehead atoms. The summed E-state index contributed by atoms with van der Waals surface area (Å²) in [5.41, 5.74) is 4.09. The Balaban J connectivity index is 1.93. The Morgan fingerprint density at radius 2 is 1.67 bits per heavy atom. The van der Waals surface area contributed by atoms with Gasteiger partial charge in [0.1, 0.15) is 6.42 Å². The van der Waals surface area contributed by atoms with E-state index in [1.807, 2.05) is 69.3 Å². The van der Waals surface area contributed by atoms with Crippen molar-refractivity contribution in [3.8, 4) is 0 Å². The first-order chi connectivity index (χ1) is 11.5. The van der Waals surface area contributed by atoms with Gasteiger partial charge in [-0.25, -0.2) is 0 Å². The van der Waals surface area contributed by atoms with Gasteiger partial charge < -0.3 is 10.2 Å². The Morgan fingerprint density at radius 1 is 1.00 bits per heavy atom. The maximum absolute atomic E-state index is 12.4. The lowest BCUT2D eigenvalue weighted by Crippen LogP contribution is -2.35. The number of nitrogens with zero attached hydrogens (tertiary/aromatic N) is 1. The molecule has 0 fully saturated rings. The van der Waals surface area contributed by atoms with Crippen LogP contribution in [0.2, 0.25) is 0 Å². The van der Waals surface area contributed by atoms with Gasteiger partial charge in [0.2, 0.25) is 11.8 Å². The molecule has 0 unspecified atom stereocenters. The van der Waals surface area contributed by atoms with Crippen molar-refractivity contribution in [2.75, 3.05) is 11.4 Å². The lowest BCUT2D eigenvalue weighted by atomic mass is 10.1. The van der Waals surface area contributed by atoms with Gasteiger partial charge in [0.25, 0.3) is 0 Å². The summed E-state index contributed by atoms with van der Waals surface area (Å²) in [7, 11) is 0. The second-order valence-electron chi connectivity index (χ2n) is 5.92. The minimum Gasteiger partial charge on any atom is -0.352 e. The third-order valence-corrected chi connectivity index (χ3v) is 3.81. The lowest BCUT2D eigenvalue weighted by Gasteiger charge is -2.21. The molecule has 24 heavy (non-hydrogen) atoms. The van der Waals surface area contributed by atoms with Gasteiger partial charge in [-0.15, -0.1) is 0 Å². The molecule has 0 aliphatic carbocycles. The molecule has 4 nitrogen and oxygen atoms in total. The third kappa shape index (κ3) is 4.95. The fourth-order valence-corrected chi connectivity index (χ4v) is 2.62. The SMILES string of the molecule is CCN(C(=O)CC(=O)NCc1cccc(C)c1)c1cccc(C)c1. The van der Waals surface area contributed by atoms with Crippen LogP contribution in [-0.4, -0.2) is 18.4 Å². The van der Waals surface area contributed by atoms with Crippen molar-refractivity contribution >= 4 is 17.5 Å². The van der Waals surface area contributed by atoms with Crippen LogP contribution in [0.4, 0.5) is 5.69 Å². The molecule has 2 aromatic carbocycles. The van der Waals surface area contributed by atoms with Crippen LogP contribution in [0.25, 0.3) is 0 Å². The van der Waals surface area contributed by atoms with Crippen LogP contribution in [0, 0.1) is 13.8 Å². The molecule has 0 aromatic heterocycles. The Hall–Kier alpha value is -2.62. The summed E-state index contributed by atoms with van der Waals surface area (Å²) < 4.78 is 0. The van der Waals surface area contributed by atoms with Gasteiger partial charge in [-0.3, -0.25) is 9.59 Å². The van der Waals surface area contributed by atoms with Gasteiger partial charge in [-0.2, -0.15) is 0 Å². The predicted octanol–water partition coefficient (Wildman–Crippen LogP) is 3.36. The number of hydrogen-bond donors (Lipinski definition) is 1. The summed E-state index contributed by atoms with van der Waals surface area (Å²) in [6.07, 6.45) is -0.145. The second-order valence-corrected chi connectivity index (χ2v) is 5.92. The molecule has 0 saturated heterocycles. The van der Waals surface area contributed by atoms with Crippen molar-refractivity contribution in [2.45, 2.75) is 33.7 Å². The Morgan fingerprint density at radius 3 is 2.29 bits per heavy atom. The smallest absolute Gasteiger partial charge is 0.236 e. The molecule has 0 spiro atoms. The molecule has 0 aliphatic rings. The molecule has 2 aromatic rings. The average Bonchev–Trinajstić information content (AvgIpc) is 2.54.